The number of carboxylic acids is 1. The normalized spacial score (nSPS) is 27.5. The van der Waals surface area contributed by atoms with Crippen molar-refractivity contribution in [2.24, 2.45) is 17.8 Å². The molecule has 0 heterocycles. The molecule has 2 bridgehead atoms. The molecule has 1 aromatic rings. The number of carbonyl (C=O) groups is 1. The zero-order valence-electron chi connectivity index (χ0n) is 12.4. The Hall–Kier alpha value is -1.42. The molecule has 21 heavy (non-hydrogen) atoms. The number of rotatable bonds is 5. The van der Waals surface area contributed by atoms with Crippen molar-refractivity contribution < 1.29 is 14.3 Å². The summed E-state index contributed by atoms with van der Waals surface area (Å²) in [5.41, 5.74) is 0.761. The van der Waals surface area contributed by atoms with Crippen molar-refractivity contribution in [1.82, 2.24) is 4.90 Å². The monoisotopic (exact) mass is 291 g/mol. The van der Waals surface area contributed by atoms with E-state index in [4.69, 9.17) is 5.11 Å². The van der Waals surface area contributed by atoms with E-state index in [0.717, 1.165) is 35.9 Å². The van der Waals surface area contributed by atoms with Gasteiger partial charge in [-0.15, -0.1) is 0 Å². The molecule has 0 radical (unpaired) electrons. The van der Waals surface area contributed by atoms with Crippen LogP contribution in [0.4, 0.5) is 4.39 Å². The van der Waals surface area contributed by atoms with Gasteiger partial charge in [-0.25, -0.2) is 9.18 Å². The van der Waals surface area contributed by atoms with Crippen LogP contribution in [0.1, 0.15) is 41.6 Å². The molecule has 3 rings (SSSR count). The Balaban J connectivity index is 1.62. The summed E-state index contributed by atoms with van der Waals surface area (Å²) in [7, 11) is 2.04. The van der Waals surface area contributed by atoms with E-state index in [0.29, 0.717) is 6.54 Å². The summed E-state index contributed by atoms with van der Waals surface area (Å²) in [6.45, 7) is 1.63. The molecule has 3 atom stereocenters. The molecule has 114 valence electrons. The number of hydrogen-bond donors (Lipinski definition) is 1. The van der Waals surface area contributed by atoms with Gasteiger partial charge in [0.1, 0.15) is 5.82 Å². The van der Waals surface area contributed by atoms with Gasteiger partial charge in [0, 0.05) is 13.1 Å². The Morgan fingerprint density at radius 3 is 2.76 bits per heavy atom. The third-order valence-corrected chi connectivity index (χ3v) is 5.09. The Kier molecular flexibility index (Phi) is 3.98. The third-order valence-electron chi connectivity index (χ3n) is 5.09. The molecule has 1 aromatic carbocycles. The van der Waals surface area contributed by atoms with Crippen molar-refractivity contribution in [1.29, 1.82) is 0 Å². The Labute approximate surface area is 124 Å². The second-order valence-electron chi connectivity index (χ2n) is 6.78. The molecule has 0 saturated heterocycles. The summed E-state index contributed by atoms with van der Waals surface area (Å²) < 4.78 is 13.5. The van der Waals surface area contributed by atoms with Crippen LogP contribution in [0.15, 0.2) is 18.2 Å². The lowest BCUT2D eigenvalue weighted by atomic mass is 9.88. The minimum atomic E-state index is -1.08. The molecular weight excluding hydrogens is 269 g/mol. The van der Waals surface area contributed by atoms with E-state index in [1.165, 1.54) is 31.7 Å². The van der Waals surface area contributed by atoms with Gasteiger partial charge in [0.2, 0.25) is 0 Å². The highest BCUT2D eigenvalue weighted by atomic mass is 19.1. The fourth-order valence-corrected chi connectivity index (χ4v) is 4.24. The lowest BCUT2D eigenvalue weighted by Crippen LogP contribution is -2.28. The third kappa shape index (κ3) is 3.26. The average molecular weight is 291 g/mol. The first-order chi connectivity index (χ1) is 10.0. The Morgan fingerprint density at radius 2 is 2.14 bits per heavy atom. The highest BCUT2D eigenvalue weighted by Gasteiger charge is 2.39. The van der Waals surface area contributed by atoms with Crippen molar-refractivity contribution in [3.05, 3.63) is 35.1 Å². The maximum Gasteiger partial charge on any atom is 0.335 e. The quantitative estimate of drug-likeness (QED) is 0.904. The van der Waals surface area contributed by atoms with Crippen LogP contribution in [-0.4, -0.2) is 29.6 Å². The molecule has 0 aliphatic heterocycles. The van der Waals surface area contributed by atoms with Crippen molar-refractivity contribution in [3.8, 4) is 0 Å². The summed E-state index contributed by atoms with van der Waals surface area (Å²) in [4.78, 5) is 13.2. The zero-order valence-corrected chi connectivity index (χ0v) is 12.4. The van der Waals surface area contributed by atoms with Crippen LogP contribution in [0.25, 0.3) is 0 Å². The van der Waals surface area contributed by atoms with Crippen molar-refractivity contribution in [2.45, 2.75) is 32.2 Å². The van der Waals surface area contributed by atoms with Gasteiger partial charge in [0.15, 0.2) is 0 Å². The van der Waals surface area contributed by atoms with Gasteiger partial charge in [-0.3, -0.25) is 0 Å². The van der Waals surface area contributed by atoms with Crippen molar-refractivity contribution >= 4 is 5.97 Å². The molecule has 0 spiro atoms. The maximum atomic E-state index is 13.5. The molecular formula is C17H22FNO2. The van der Waals surface area contributed by atoms with E-state index in [9.17, 15) is 9.18 Å². The van der Waals surface area contributed by atoms with E-state index in [-0.39, 0.29) is 5.56 Å². The lowest BCUT2D eigenvalue weighted by Gasteiger charge is -2.27. The fourth-order valence-electron chi connectivity index (χ4n) is 4.24. The second kappa shape index (κ2) is 5.76. The Morgan fingerprint density at radius 1 is 1.33 bits per heavy atom. The molecule has 1 N–H and O–H groups in total. The lowest BCUT2D eigenvalue weighted by molar-refractivity contribution is 0.0696. The number of fused-ring (bicyclic) bond motifs is 2. The largest absolute Gasteiger partial charge is 0.478 e. The molecule has 2 aliphatic rings. The SMILES string of the molecule is CN(Cc1cc(F)cc(C(=O)O)c1)CC1CC2CCC1C2. The zero-order chi connectivity index (χ0) is 15.0. The number of aromatic carboxylic acids is 1. The molecule has 4 heteroatoms. The summed E-state index contributed by atoms with van der Waals surface area (Å²) in [6.07, 6.45) is 5.49. The van der Waals surface area contributed by atoms with Gasteiger partial charge in [0.25, 0.3) is 0 Å². The molecule has 2 aliphatic carbocycles. The smallest absolute Gasteiger partial charge is 0.335 e. The topological polar surface area (TPSA) is 40.5 Å². The predicted molar refractivity (Wildman–Crippen MR) is 78.6 cm³/mol. The van der Waals surface area contributed by atoms with Crippen LogP contribution in [0.2, 0.25) is 0 Å². The highest BCUT2D eigenvalue weighted by Crippen LogP contribution is 2.48. The minimum Gasteiger partial charge on any atom is -0.478 e. The van der Waals surface area contributed by atoms with E-state index < -0.39 is 11.8 Å². The van der Waals surface area contributed by atoms with Gasteiger partial charge in [-0.05, 0) is 67.8 Å². The molecule has 2 fully saturated rings. The van der Waals surface area contributed by atoms with Crippen LogP contribution in [-0.2, 0) is 6.54 Å². The number of nitrogens with zero attached hydrogens (tertiary/aromatic N) is 1. The van der Waals surface area contributed by atoms with E-state index in [1.54, 1.807) is 6.07 Å². The van der Waals surface area contributed by atoms with Crippen LogP contribution >= 0.6 is 0 Å². The fraction of sp³-hybridized carbons (Fsp3) is 0.588. The second-order valence-corrected chi connectivity index (χ2v) is 6.78. The molecule has 3 unspecified atom stereocenters. The summed E-state index contributed by atoms with van der Waals surface area (Å²) in [6, 6.07) is 4.08. The first kappa shape index (κ1) is 14.5. The number of benzene rings is 1. The van der Waals surface area contributed by atoms with Gasteiger partial charge >= 0.3 is 5.97 Å². The van der Waals surface area contributed by atoms with Crippen LogP contribution in [0.3, 0.4) is 0 Å². The standard InChI is InChI=1S/C17H22FNO2/c1-19(10-15-5-11-2-3-13(15)4-11)9-12-6-14(17(20)21)8-16(18)7-12/h6-8,11,13,15H,2-5,9-10H2,1H3,(H,20,21). The predicted octanol–water partition coefficient (Wildman–Crippen LogP) is 3.39. The molecule has 0 amide bonds. The molecule has 0 aromatic heterocycles. The van der Waals surface area contributed by atoms with Crippen LogP contribution < -0.4 is 0 Å². The summed E-state index contributed by atoms with van der Waals surface area (Å²) in [5.74, 6) is 1.02. The average Bonchev–Trinajstić information content (AvgIpc) is 2.99. The summed E-state index contributed by atoms with van der Waals surface area (Å²) >= 11 is 0. The van der Waals surface area contributed by atoms with Crippen LogP contribution in [0, 0.1) is 23.6 Å². The maximum absolute atomic E-state index is 13.5. The number of halogens is 1. The van der Waals surface area contributed by atoms with Crippen molar-refractivity contribution in [2.75, 3.05) is 13.6 Å². The van der Waals surface area contributed by atoms with E-state index in [2.05, 4.69) is 4.90 Å². The Bertz CT molecular complexity index is 546. The van der Waals surface area contributed by atoms with Crippen molar-refractivity contribution in [3.63, 3.8) is 0 Å². The van der Waals surface area contributed by atoms with E-state index >= 15 is 0 Å². The number of carboxylic acid groups (broad SMARTS) is 1. The molecule has 3 nitrogen and oxygen atoms in total. The van der Waals surface area contributed by atoms with Crippen LogP contribution in [0.5, 0.6) is 0 Å². The first-order valence-corrected chi connectivity index (χ1v) is 7.72. The van der Waals surface area contributed by atoms with Gasteiger partial charge in [0.05, 0.1) is 5.56 Å². The molecule has 2 saturated carbocycles. The first-order valence-electron chi connectivity index (χ1n) is 7.72. The minimum absolute atomic E-state index is 0.0262. The number of hydrogen-bond acceptors (Lipinski definition) is 2. The highest BCUT2D eigenvalue weighted by molar-refractivity contribution is 5.87. The summed E-state index contributed by atoms with van der Waals surface area (Å²) in [5, 5.41) is 8.99. The van der Waals surface area contributed by atoms with E-state index in [1.807, 2.05) is 7.05 Å². The van der Waals surface area contributed by atoms with Gasteiger partial charge in [-0.1, -0.05) is 6.42 Å². The van der Waals surface area contributed by atoms with Gasteiger partial charge in [-0.2, -0.15) is 0 Å². The van der Waals surface area contributed by atoms with Gasteiger partial charge < -0.3 is 10.0 Å².